The molecule has 6 heteroatoms. The van der Waals surface area contributed by atoms with Gasteiger partial charge in [0.25, 0.3) is 0 Å². The Hall–Kier alpha value is -1.66. The average Bonchev–Trinajstić information content (AvgIpc) is 2.65. The number of fused-ring (bicyclic) bond motifs is 3. The minimum Gasteiger partial charge on any atom is -0.481 e. The standard InChI is InChI=1S/C22H31NO4S/c1-16-8-11-19(12-9-16)28(26,27)23-21-15-17-10-13-20(21)18(14-17)6-4-2-3-5-7-22(24)25/h2,4,8-9,11-12,17-18,20-21,23H,3,5-7,10,13-15H2,1H3,(H,24,25)/b4-2+. The summed E-state index contributed by atoms with van der Waals surface area (Å²) in [5.41, 5.74) is 1.05. The molecule has 3 aliphatic carbocycles. The second-order valence-electron chi connectivity index (χ2n) is 8.37. The second kappa shape index (κ2) is 9.23. The van der Waals surface area contributed by atoms with Crippen molar-refractivity contribution in [2.24, 2.45) is 17.8 Å². The van der Waals surface area contributed by atoms with Crippen LogP contribution in [0.2, 0.25) is 0 Å². The van der Waals surface area contributed by atoms with Crippen LogP contribution in [0.4, 0.5) is 0 Å². The summed E-state index contributed by atoms with van der Waals surface area (Å²) in [7, 11) is -3.49. The van der Waals surface area contributed by atoms with E-state index < -0.39 is 16.0 Å². The Labute approximate surface area is 168 Å². The fourth-order valence-corrected chi connectivity index (χ4v) is 6.11. The lowest BCUT2D eigenvalue weighted by atomic mass is 9.61. The van der Waals surface area contributed by atoms with Gasteiger partial charge in [-0.25, -0.2) is 13.1 Å². The van der Waals surface area contributed by atoms with Crippen LogP contribution >= 0.6 is 0 Å². The van der Waals surface area contributed by atoms with Crippen LogP contribution in [-0.4, -0.2) is 25.5 Å². The molecule has 2 bridgehead atoms. The van der Waals surface area contributed by atoms with E-state index in [1.165, 1.54) is 12.8 Å². The van der Waals surface area contributed by atoms with E-state index in [0.29, 0.717) is 29.1 Å². The number of hydrogen-bond donors (Lipinski definition) is 2. The molecule has 4 rings (SSSR count). The first-order valence-corrected chi connectivity index (χ1v) is 11.8. The average molecular weight is 406 g/mol. The number of carboxylic acids is 1. The van der Waals surface area contributed by atoms with Gasteiger partial charge in [0.05, 0.1) is 4.90 Å². The van der Waals surface area contributed by atoms with E-state index in [1.807, 2.05) is 19.1 Å². The third kappa shape index (κ3) is 5.45. The normalized spacial score (nSPS) is 27.3. The van der Waals surface area contributed by atoms with Crippen molar-refractivity contribution in [3.8, 4) is 0 Å². The van der Waals surface area contributed by atoms with E-state index in [9.17, 15) is 13.2 Å². The number of benzene rings is 1. The zero-order valence-corrected chi connectivity index (χ0v) is 17.3. The monoisotopic (exact) mass is 405 g/mol. The number of carboxylic acid groups (broad SMARTS) is 1. The van der Waals surface area contributed by atoms with E-state index in [1.54, 1.807) is 12.1 Å². The molecule has 0 aromatic heterocycles. The molecule has 3 aliphatic rings. The summed E-state index contributed by atoms with van der Waals surface area (Å²) < 4.78 is 28.6. The highest BCUT2D eigenvalue weighted by molar-refractivity contribution is 7.89. The Morgan fingerprint density at radius 1 is 1.18 bits per heavy atom. The third-order valence-electron chi connectivity index (χ3n) is 6.26. The van der Waals surface area contributed by atoms with Crippen molar-refractivity contribution in [3.63, 3.8) is 0 Å². The summed E-state index contributed by atoms with van der Waals surface area (Å²) in [6, 6.07) is 7.04. The van der Waals surface area contributed by atoms with Crippen LogP contribution in [0, 0.1) is 24.7 Å². The summed E-state index contributed by atoms with van der Waals surface area (Å²) in [5, 5.41) is 8.68. The lowest BCUT2D eigenvalue weighted by molar-refractivity contribution is -0.137. The molecule has 5 nitrogen and oxygen atoms in total. The minimum absolute atomic E-state index is 0.0178. The molecule has 2 N–H and O–H groups in total. The number of allylic oxidation sites excluding steroid dienone is 2. The highest BCUT2D eigenvalue weighted by Crippen LogP contribution is 2.47. The fourth-order valence-electron chi connectivity index (χ4n) is 4.81. The van der Waals surface area contributed by atoms with Gasteiger partial charge in [-0.1, -0.05) is 36.3 Å². The smallest absolute Gasteiger partial charge is 0.303 e. The summed E-state index contributed by atoms with van der Waals surface area (Å²) in [6.45, 7) is 1.95. The topological polar surface area (TPSA) is 83.5 Å². The first kappa shape index (κ1) is 21.1. The molecule has 4 unspecified atom stereocenters. The van der Waals surface area contributed by atoms with Gasteiger partial charge in [0, 0.05) is 12.5 Å². The molecule has 0 aliphatic heterocycles. The van der Waals surface area contributed by atoms with E-state index in [-0.39, 0.29) is 12.5 Å². The van der Waals surface area contributed by atoms with Crippen molar-refractivity contribution < 1.29 is 18.3 Å². The van der Waals surface area contributed by atoms with Gasteiger partial charge in [-0.3, -0.25) is 4.79 Å². The van der Waals surface area contributed by atoms with Gasteiger partial charge < -0.3 is 5.11 Å². The number of rotatable bonds is 9. The van der Waals surface area contributed by atoms with E-state index in [2.05, 4.69) is 16.9 Å². The predicted molar refractivity (Wildman–Crippen MR) is 109 cm³/mol. The van der Waals surface area contributed by atoms with Gasteiger partial charge >= 0.3 is 5.97 Å². The molecule has 3 fully saturated rings. The number of unbranched alkanes of at least 4 members (excludes halogenated alkanes) is 1. The largest absolute Gasteiger partial charge is 0.481 e. The van der Waals surface area contributed by atoms with Gasteiger partial charge in [-0.2, -0.15) is 0 Å². The van der Waals surface area contributed by atoms with Gasteiger partial charge in [0.1, 0.15) is 0 Å². The molecule has 28 heavy (non-hydrogen) atoms. The lowest BCUT2D eigenvalue weighted by Gasteiger charge is -2.47. The zero-order valence-electron chi connectivity index (χ0n) is 16.5. The first-order chi connectivity index (χ1) is 13.3. The quantitative estimate of drug-likeness (QED) is 0.474. The Balaban J connectivity index is 1.58. The van der Waals surface area contributed by atoms with Crippen molar-refractivity contribution in [2.75, 3.05) is 0 Å². The third-order valence-corrected chi connectivity index (χ3v) is 7.76. The zero-order chi connectivity index (χ0) is 20.1. The van der Waals surface area contributed by atoms with Gasteiger partial charge in [0.2, 0.25) is 10.0 Å². The maximum atomic E-state index is 12.8. The van der Waals surface area contributed by atoms with Crippen molar-refractivity contribution in [1.82, 2.24) is 4.72 Å². The minimum atomic E-state index is -3.49. The molecule has 0 heterocycles. The molecule has 1 aromatic carbocycles. The van der Waals surface area contributed by atoms with Crippen molar-refractivity contribution >= 4 is 16.0 Å². The molecule has 0 saturated heterocycles. The summed E-state index contributed by atoms with van der Waals surface area (Å²) in [5.74, 6) is 0.741. The molecule has 0 radical (unpaired) electrons. The maximum absolute atomic E-state index is 12.8. The number of carbonyl (C=O) groups is 1. The Kier molecular flexibility index (Phi) is 6.94. The number of nitrogens with one attached hydrogen (secondary N) is 1. The molecule has 0 spiro atoms. The Bertz CT molecular complexity index is 800. The fraction of sp³-hybridized carbons (Fsp3) is 0.591. The number of aliphatic carboxylic acids is 1. The van der Waals surface area contributed by atoms with Crippen LogP contribution in [0.1, 0.15) is 56.9 Å². The lowest BCUT2D eigenvalue weighted by Crippen LogP contribution is -2.50. The van der Waals surface area contributed by atoms with Crippen LogP contribution in [0.3, 0.4) is 0 Å². The van der Waals surface area contributed by atoms with Crippen LogP contribution in [0.15, 0.2) is 41.3 Å². The molecular formula is C22H31NO4S. The molecule has 0 amide bonds. The Morgan fingerprint density at radius 3 is 2.61 bits per heavy atom. The van der Waals surface area contributed by atoms with Gasteiger partial charge in [0.15, 0.2) is 0 Å². The van der Waals surface area contributed by atoms with E-state index in [0.717, 1.165) is 31.2 Å². The van der Waals surface area contributed by atoms with Gasteiger partial charge in [-0.15, -0.1) is 0 Å². The van der Waals surface area contributed by atoms with Crippen molar-refractivity contribution in [2.45, 2.75) is 69.2 Å². The summed E-state index contributed by atoms with van der Waals surface area (Å²) in [4.78, 5) is 10.9. The highest BCUT2D eigenvalue weighted by Gasteiger charge is 2.43. The van der Waals surface area contributed by atoms with Crippen LogP contribution in [0.25, 0.3) is 0 Å². The maximum Gasteiger partial charge on any atom is 0.303 e. The molecule has 154 valence electrons. The summed E-state index contributed by atoms with van der Waals surface area (Å²) in [6.07, 6.45) is 11.3. The first-order valence-electron chi connectivity index (χ1n) is 10.3. The molecule has 1 aromatic rings. The van der Waals surface area contributed by atoms with Crippen LogP contribution in [-0.2, 0) is 14.8 Å². The predicted octanol–water partition coefficient (Wildman–Crippen LogP) is 4.28. The summed E-state index contributed by atoms with van der Waals surface area (Å²) >= 11 is 0. The molecule has 3 saturated carbocycles. The highest BCUT2D eigenvalue weighted by atomic mass is 32.2. The number of sulfonamides is 1. The number of hydrogen-bond acceptors (Lipinski definition) is 3. The Morgan fingerprint density at radius 2 is 1.93 bits per heavy atom. The van der Waals surface area contributed by atoms with Gasteiger partial charge in [-0.05, 0) is 75.3 Å². The van der Waals surface area contributed by atoms with Crippen LogP contribution < -0.4 is 4.72 Å². The van der Waals surface area contributed by atoms with E-state index >= 15 is 0 Å². The number of aryl methyl sites for hydroxylation is 1. The van der Waals surface area contributed by atoms with E-state index in [4.69, 9.17) is 5.11 Å². The molecular weight excluding hydrogens is 374 g/mol. The van der Waals surface area contributed by atoms with Crippen molar-refractivity contribution in [3.05, 3.63) is 42.0 Å². The molecule has 4 atom stereocenters. The van der Waals surface area contributed by atoms with Crippen molar-refractivity contribution in [1.29, 1.82) is 0 Å². The second-order valence-corrected chi connectivity index (χ2v) is 10.1. The van der Waals surface area contributed by atoms with Crippen LogP contribution in [0.5, 0.6) is 0 Å². The SMILES string of the molecule is Cc1ccc(S(=O)(=O)NC2CC3CCC2C(C/C=C/CCCC(=O)O)C3)cc1.